The molecule has 1 aliphatic heterocycles. The lowest BCUT2D eigenvalue weighted by Crippen LogP contribution is -2.36. The lowest BCUT2D eigenvalue weighted by molar-refractivity contribution is 0.154. The molecule has 0 bridgehead atoms. The Balaban J connectivity index is 1.66. The molecule has 24 heavy (non-hydrogen) atoms. The lowest BCUT2D eigenvalue weighted by atomic mass is 10.0. The highest BCUT2D eigenvalue weighted by atomic mass is 32.1. The highest BCUT2D eigenvalue weighted by Crippen LogP contribution is 2.32. The van der Waals surface area contributed by atoms with E-state index in [4.69, 9.17) is 10.2 Å². The van der Waals surface area contributed by atoms with Crippen LogP contribution in [-0.2, 0) is 6.54 Å². The van der Waals surface area contributed by atoms with Crippen molar-refractivity contribution in [1.29, 1.82) is 0 Å². The number of hydrogen-bond acceptors (Lipinski definition) is 6. The van der Waals surface area contributed by atoms with Gasteiger partial charge < -0.3 is 10.2 Å². The SMILES string of the molecule is Cc1ccc(-c2nc(N)c3cc(CN4CCCCC4C)sc3n2)o1. The van der Waals surface area contributed by atoms with Gasteiger partial charge in [-0.3, -0.25) is 4.90 Å². The minimum atomic E-state index is 0.526. The minimum Gasteiger partial charge on any atom is -0.458 e. The third-order valence-corrected chi connectivity index (χ3v) is 5.75. The number of likely N-dealkylation sites (tertiary alicyclic amines) is 1. The van der Waals surface area contributed by atoms with Crippen molar-refractivity contribution in [2.24, 2.45) is 0 Å². The molecule has 1 atom stereocenters. The van der Waals surface area contributed by atoms with Gasteiger partial charge in [-0.2, -0.15) is 0 Å². The smallest absolute Gasteiger partial charge is 0.199 e. The van der Waals surface area contributed by atoms with Crippen LogP contribution in [0.5, 0.6) is 0 Å². The van der Waals surface area contributed by atoms with Gasteiger partial charge in [-0.1, -0.05) is 6.42 Å². The van der Waals surface area contributed by atoms with E-state index in [0.29, 0.717) is 23.4 Å². The maximum Gasteiger partial charge on any atom is 0.199 e. The van der Waals surface area contributed by atoms with E-state index < -0.39 is 0 Å². The second-order valence-electron chi connectivity index (χ2n) is 6.59. The summed E-state index contributed by atoms with van der Waals surface area (Å²) in [6.07, 6.45) is 3.92. The lowest BCUT2D eigenvalue weighted by Gasteiger charge is -2.32. The van der Waals surface area contributed by atoms with Crippen LogP contribution in [0.4, 0.5) is 5.82 Å². The van der Waals surface area contributed by atoms with Gasteiger partial charge in [0.1, 0.15) is 16.4 Å². The van der Waals surface area contributed by atoms with E-state index in [2.05, 4.69) is 27.9 Å². The summed E-state index contributed by atoms with van der Waals surface area (Å²) in [6, 6.07) is 6.60. The molecular formula is C18H22N4OS. The minimum absolute atomic E-state index is 0.526. The molecule has 2 N–H and O–H groups in total. The monoisotopic (exact) mass is 342 g/mol. The standard InChI is InChI=1S/C18H22N4OS/c1-11-5-3-4-8-22(11)10-13-9-14-16(19)20-17(21-18(14)24-13)15-7-6-12(2)23-15/h6-7,9,11H,3-5,8,10H2,1-2H3,(H2,19,20,21). The number of fused-ring (bicyclic) bond motifs is 1. The molecule has 0 amide bonds. The summed E-state index contributed by atoms with van der Waals surface area (Å²) in [5.74, 6) is 2.60. The summed E-state index contributed by atoms with van der Waals surface area (Å²) in [6.45, 7) is 6.37. The normalized spacial score (nSPS) is 19.2. The van der Waals surface area contributed by atoms with Crippen LogP contribution in [0, 0.1) is 6.92 Å². The Labute approximate surface area is 145 Å². The Hall–Kier alpha value is -1.92. The van der Waals surface area contributed by atoms with E-state index in [1.807, 2.05) is 19.1 Å². The highest BCUT2D eigenvalue weighted by Gasteiger charge is 2.20. The average molecular weight is 342 g/mol. The zero-order valence-electron chi connectivity index (χ0n) is 14.1. The molecule has 126 valence electrons. The molecule has 1 saturated heterocycles. The third-order valence-electron chi connectivity index (χ3n) is 4.73. The van der Waals surface area contributed by atoms with Crippen molar-refractivity contribution < 1.29 is 4.42 Å². The number of hydrogen-bond donors (Lipinski definition) is 1. The van der Waals surface area contributed by atoms with Gasteiger partial charge in [-0.25, -0.2) is 9.97 Å². The van der Waals surface area contributed by atoms with Gasteiger partial charge in [-0.15, -0.1) is 11.3 Å². The maximum absolute atomic E-state index is 6.18. The molecular weight excluding hydrogens is 320 g/mol. The number of furan rings is 1. The predicted molar refractivity (Wildman–Crippen MR) is 98.0 cm³/mol. The number of aromatic nitrogens is 2. The first-order chi connectivity index (χ1) is 11.6. The van der Waals surface area contributed by atoms with E-state index in [-0.39, 0.29) is 0 Å². The van der Waals surface area contributed by atoms with Gasteiger partial charge in [0.25, 0.3) is 0 Å². The summed E-state index contributed by atoms with van der Waals surface area (Å²) in [7, 11) is 0. The van der Waals surface area contributed by atoms with Gasteiger partial charge in [-0.05, 0) is 51.4 Å². The van der Waals surface area contributed by atoms with Crippen molar-refractivity contribution in [2.75, 3.05) is 12.3 Å². The first kappa shape index (κ1) is 15.6. The van der Waals surface area contributed by atoms with Crippen molar-refractivity contribution >= 4 is 27.4 Å². The number of nitrogen functional groups attached to an aromatic ring is 1. The average Bonchev–Trinajstić information content (AvgIpc) is 3.16. The summed E-state index contributed by atoms with van der Waals surface area (Å²) in [5.41, 5.74) is 6.18. The van der Waals surface area contributed by atoms with Crippen LogP contribution < -0.4 is 5.73 Å². The fourth-order valence-corrected chi connectivity index (χ4v) is 4.39. The van der Waals surface area contributed by atoms with Crippen LogP contribution in [0.1, 0.15) is 36.8 Å². The number of aryl methyl sites for hydroxylation is 1. The summed E-state index contributed by atoms with van der Waals surface area (Å²) in [5, 5.41) is 0.951. The Morgan fingerprint density at radius 2 is 2.21 bits per heavy atom. The van der Waals surface area contributed by atoms with Crippen LogP contribution in [0.2, 0.25) is 0 Å². The van der Waals surface area contributed by atoms with E-state index >= 15 is 0 Å². The third kappa shape index (κ3) is 2.91. The number of anilines is 1. The molecule has 0 aromatic carbocycles. The molecule has 4 rings (SSSR count). The summed E-state index contributed by atoms with van der Waals surface area (Å²) >= 11 is 1.71. The molecule has 1 aliphatic rings. The molecule has 3 aromatic rings. The molecule has 6 heteroatoms. The van der Waals surface area contributed by atoms with Crippen LogP contribution in [0.25, 0.3) is 21.8 Å². The number of thiophene rings is 1. The summed E-state index contributed by atoms with van der Waals surface area (Å²) < 4.78 is 5.63. The number of rotatable bonds is 3. The fraction of sp³-hybridized carbons (Fsp3) is 0.444. The van der Waals surface area contributed by atoms with Gasteiger partial charge in [0, 0.05) is 17.5 Å². The second kappa shape index (κ2) is 6.18. The molecule has 1 fully saturated rings. The molecule has 0 aliphatic carbocycles. The Morgan fingerprint density at radius 3 is 2.96 bits per heavy atom. The van der Waals surface area contributed by atoms with Crippen LogP contribution in [0.3, 0.4) is 0 Å². The van der Waals surface area contributed by atoms with Gasteiger partial charge in [0.2, 0.25) is 0 Å². The molecule has 5 nitrogen and oxygen atoms in total. The first-order valence-electron chi connectivity index (χ1n) is 8.47. The molecule has 0 saturated carbocycles. The Morgan fingerprint density at radius 1 is 1.33 bits per heavy atom. The van der Waals surface area contributed by atoms with E-state index in [1.165, 1.54) is 30.7 Å². The van der Waals surface area contributed by atoms with Crippen LogP contribution >= 0.6 is 11.3 Å². The Bertz CT molecular complexity index is 869. The van der Waals surface area contributed by atoms with Gasteiger partial charge >= 0.3 is 0 Å². The zero-order valence-corrected chi connectivity index (χ0v) is 14.9. The van der Waals surface area contributed by atoms with Crippen molar-refractivity contribution in [3.05, 3.63) is 28.8 Å². The van der Waals surface area contributed by atoms with Crippen LogP contribution in [0.15, 0.2) is 22.6 Å². The zero-order chi connectivity index (χ0) is 16.7. The van der Waals surface area contributed by atoms with Crippen molar-refractivity contribution in [1.82, 2.24) is 14.9 Å². The van der Waals surface area contributed by atoms with E-state index in [0.717, 1.165) is 22.5 Å². The van der Waals surface area contributed by atoms with Crippen LogP contribution in [-0.4, -0.2) is 27.5 Å². The van der Waals surface area contributed by atoms with Gasteiger partial charge in [0.05, 0.1) is 5.39 Å². The van der Waals surface area contributed by atoms with Gasteiger partial charge in [0.15, 0.2) is 11.6 Å². The topological polar surface area (TPSA) is 68.2 Å². The van der Waals surface area contributed by atoms with E-state index in [9.17, 15) is 0 Å². The van der Waals surface area contributed by atoms with Crippen molar-refractivity contribution in [3.63, 3.8) is 0 Å². The Kier molecular flexibility index (Phi) is 4.02. The fourth-order valence-electron chi connectivity index (χ4n) is 3.33. The van der Waals surface area contributed by atoms with Crippen molar-refractivity contribution in [3.8, 4) is 11.6 Å². The molecule has 3 aromatic heterocycles. The number of nitrogens with zero attached hydrogens (tertiary/aromatic N) is 3. The molecule has 0 radical (unpaired) electrons. The molecule has 4 heterocycles. The number of nitrogens with two attached hydrogens (primary N) is 1. The maximum atomic E-state index is 6.18. The number of piperidine rings is 1. The first-order valence-corrected chi connectivity index (χ1v) is 9.28. The van der Waals surface area contributed by atoms with E-state index in [1.54, 1.807) is 11.3 Å². The molecule has 1 unspecified atom stereocenters. The second-order valence-corrected chi connectivity index (χ2v) is 7.70. The quantitative estimate of drug-likeness (QED) is 0.772. The predicted octanol–water partition coefficient (Wildman–Crippen LogP) is 4.22. The van der Waals surface area contributed by atoms with Crippen molar-refractivity contribution in [2.45, 2.75) is 45.7 Å². The molecule has 0 spiro atoms. The summed E-state index contributed by atoms with van der Waals surface area (Å²) in [4.78, 5) is 13.9. The highest BCUT2D eigenvalue weighted by molar-refractivity contribution is 7.18. The largest absolute Gasteiger partial charge is 0.458 e.